The van der Waals surface area contributed by atoms with Crippen LogP contribution >= 0.6 is 11.9 Å². The number of nitrogens with one attached hydrogen (secondary N) is 1. The molecule has 0 bridgehead atoms. The molecule has 1 N–H and O–H groups in total. The van der Waals surface area contributed by atoms with Gasteiger partial charge in [0.1, 0.15) is 11.5 Å². The molecule has 0 saturated carbocycles. The maximum absolute atomic E-state index is 5.88. The van der Waals surface area contributed by atoms with Crippen molar-refractivity contribution in [3.63, 3.8) is 0 Å². The van der Waals surface area contributed by atoms with Gasteiger partial charge in [0.05, 0.1) is 0 Å². The number of ether oxygens (including phenoxy) is 1. The van der Waals surface area contributed by atoms with Crippen molar-refractivity contribution in [1.82, 2.24) is 4.72 Å². The van der Waals surface area contributed by atoms with Gasteiger partial charge in [0.25, 0.3) is 0 Å². The van der Waals surface area contributed by atoms with Crippen molar-refractivity contribution in [2.24, 2.45) is 0 Å². The van der Waals surface area contributed by atoms with Crippen LogP contribution in [-0.2, 0) is 0 Å². The molecule has 0 spiro atoms. The molecule has 118 valence electrons. The molecule has 0 radical (unpaired) electrons. The molecule has 22 heavy (non-hydrogen) atoms. The third kappa shape index (κ3) is 5.39. The first-order chi connectivity index (χ1) is 10.3. The smallest absolute Gasteiger partial charge is 0.127 e. The van der Waals surface area contributed by atoms with Gasteiger partial charge in [-0.2, -0.15) is 0 Å². The monoisotopic (exact) mass is 315 g/mol. The van der Waals surface area contributed by atoms with Crippen LogP contribution in [0, 0.1) is 6.92 Å². The van der Waals surface area contributed by atoms with Crippen molar-refractivity contribution < 1.29 is 4.74 Å². The fourth-order valence-corrected chi connectivity index (χ4v) is 2.64. The largest absolute Gasteiger partial charge is 0.457 e. The minimum Gasteiger partial charge on any atom is -0.457 e. The van der Waals surface area contributed by atoms with Crippen LogP contribution in [0.4, 0.5) is 0 Å². The van der Waals surface area contributed by atoms with Gasteiger partial charge >= 0.3 is 0 Å². The summed E-state index contributed by atoms with van der Waals surface area (Å²) < 4.78 is 9.58. The van der Waals surface area contributed by atoms with E-state index >= 15 is 0 Å². The molecule has 0 unspecified atom stereocenters. The van der Waals surface area contributed by atoms with E-state index in [1.165, 1.54) is 11.1 Å². The quantitative estimate of drug-likeness (QED) is 0.696. The molecule has 0 fully saturated rings. The van der Waals surface area contributed by atoms with Gasteiger partial charge in [-0.05, 0) is 70.0 Å². The fourth-order valence-electron chi connectivity index (χ4n) is 1.97. The van der Waals surface area contributed by atoms with Crippen molar-refractivity contribution >= 4 is 11.9 Å². The second-order valence-corrected chi connectivity index (χ2v) is 8.21. The fraction of sp³-hybridized carbons (Fsp3) is 0.368. The highest BCUT2D eigenvalue weighted by Crippen LogP contribution is 2.27. The minimum absolute atomic E-state index is 0.211. The Morgan fingerprint density at radius 1 is 1.00 bits per heavy atom. The predicted octanol–water partition coefficient (Wildman–Crippen LogP) is 5.88. The Kier molecular flexibility index (Phi) is 5.54. The molecule has 0 aliphatic rings. The predicted molar refractivity (Wildman–Crippen MR) is 96.6 cm³/mol. The molecule has 0 aliphatic carbocycles. The lowest BCUT2D eigenvalue weighted by Crippen LogP contribution is -2.19. The van der Waals surface area contributed by atoms with Crippen LogP contribution in [0.15, 0.2) is 48.5 Å². The molecule has 2 aromatic rings. The standard InChI is InChI=1S/C19H25NOS/c1-14-7-6-8-18(13-14)21-17-11-9-16(10-12-17)15(2)20-22-19(3,4)5/h6-13,15,20H,1-5H3/t15-/m0/s1. The van der Waals surface area contributed by atoms with Crippen molar-refractivity contribution in [1.29, 1.82) is 0 Å². The number of hydrogen-bond donors (Lipinski definition) is 1. The summed E-state index contributed by atoms with van der Waals surface area (Å²) in [5.74, 6) is 1.74. The van der Waals surface area contributed by atoms with Gasteiger partial charge in [0.2, 0.25) is 0 Å². The summed E-state index contributed by atoms with van der Waals surface area (Å²) in [6.45, 7) is 10.9. The molecular formula is C19H25NOS. The van der Waals surface area contributed by atoms with Crippen molar-refractivity contribution in [2.75, 3.05) is 0 Å². The molecule has 0 heterocycles. The molecule has 0 aliphatic heterocycles. The van der Waals surface area contributed by atoms with Crippen LogP contribution in [-0.4, -0.2) is 4.75 Å². The van der Waals surface area contributed by atoms with Gasteiger partial charge in [0.15, 0.2) is 0 Å². The summed E-state index contributed by atoms with van der Waals surface area (Å²) in [5, 5.41) is 0. The van der Waals surface area contributed by atoms with Crippen LogP contribution < -0.4 is 9.46 Å². The summed E-state index contributed by atoms with van der Waals surface area (Å²) in [7, 11) is 0. The highest BCUT2D eigenvalue weighted by molar-refractivity contribution is 7.98. The Bertz CT molecular complexity index is 602. The van der Waals surface area contributed by atoms with Gasteiger partial charge in [0, 0.05) is 10.8 Å². The van der Waals surface area contributed by atoms with E-state index < -0.39 is 0 Å². The lowest BCUT2D eigenvalue weighted by atomic mass is 10.1. The van der Waals surface area contributed by atoms with E-state index in [0.29, 0.717) is 6.04 Å². The summed E-state index contributed by atoms with van der Waals surface area (Å²) in [4.78, 5) is 0. The van der Waals surface area contributed by atoms with Gasteiger partial charge in [-0.3, -0.25) is 4.72 Å². The second-order valence-electron chi connectivity index (χ2n) is 6.54. The summed E-state index contributed by atoms with van der Waals surface area (Å²) in [6, 6.07) is 16.7. The molecule has 0 saturated heterocycles. The SMILES string of the molecule is Cc1cccc(Oc2ccc([C@H](C)NSC(C)(C)C)cc2)c1. The molecule has 3 heteroatoms. The van der Waals surface area contributed by atoms with Gasteiger partial charge in [-0.25, -0.2) is 0 Å². The van der Waals surface area contributed by atoms with Crippen LogP contribution in [0.5, 0.6) is 11.5 Å². The topological polar surface area (TPSA) is 21.3 Å². The first-order valence-electron chi connectivity index (χ1n) is 7.61. The highest BCUT2D eigenvalue weighted by atomic mass is 32.2. The Labute approximate surface area is 138 Å². The van der Waals surface area contributed by atoms with E-state index in [1.807, 2.05) is 30.3 Å². The Morgan fingerprint density at radius 2 is 1.68 bits per heavy atom. The normalized spacial score (nSPS) is 13.0. The van der Waals surface area contributed by atoms with Gasteiger partial charge in [-0.15, -0.1) is 0 Å². The summed E-state index contributed by atoms with van der Waals surface area (Å²) >= 11 is 1.76. The third-order valence-corrected chi connectivity index (χ3v) is 4.23. The highest BCUT2D eigenvalue weighted by Gasteiger charge is 2.13. The van der Waals surface area contributed by atoms with Gasteiger partial charge < -0.3 is 4.74 Å². The molecule has 0 aromatic heterocycles. The Morgan fingerprint density at radius 3 is 2.27 bits per heavy atom. The lowest BCUT2D eigenvalue weighted by Gasteiger charge is -2.22. The molecule has 2 aromatic carbocycles. The average molecular weight is 315 g/mol. The number of benzene rings is 2. The van der Waals surface area contributed by atoms with Crippen LogP contribution in [0.3, 0.4) is 0 Å². The number of rotatable bonds is 5. The van der Waals surface area contributed by atoms with E-state index in [0.717, 1.165) is 11.5 Å². The van der Waals surface area contributed by atoms with E-state index in [4.69, 9.17) is 4.74 Å². The first kappa shape index (κ1) is 16.9. The lowest BCUT2D eigenvalue weighted by molar-refractivity contribution is 0.482. The minimum atomic E-state index is 0.211. The average Bonchev–Trinajstić information content (AvgIpc) is 2.45. The Hall–Kier alpha value is -1.45. The molecular weight excluding hydrogens is 290 g/mol. The van der Waals surface area contributed by atoms with Crippen molar-refractivity contribution in [2.45, 2.75) is 45.4 Å². The molecule has 1 atom stereocenters. The second kappa shape index (κ2) is 7.21. The molecule has 0 amide bonds. The Balaban J connectivity index is 1.98. The van der Waals surface area contributed by atoms with Gasteiger partial charge in [-0.1, -0.05) is 36.2 Å². The zero-order valence-electron chi connectivity index (χ0n) is 14.0. The maximum Gasteiger partial charge on any atom is 0.127 e. The number of hydrogen-bond acceptors (Lipinski definition) is 3. The van der Waals surface area contributed by atoms with E-state index in [9.17, 15) is 0 Å². The maximum atomic E-state index is 5.88. The van der Waals surface area contributed by atoms with E-state index in [2.05, 4.69) is 57.5 Å². The summed E-state index contributed by atoms with van der Waals surface area (Å²) in [5.41, 5.74) is 2.46. The molecule has 2 nitrogen and oxygen atoms in total. The van der Waals surface area contributed by atoms with Crippen LogP contribution in [0.25, 0.3) is 0 Å². The third-order valence-electron chi connectivity index (χ3n) is 3.15. The van der Waals surface area contributed by atoms with Crippen molar-refractivity contribution in [3.05, 3.63) is 59.7 Å². The summed E-state index contributed by atoms with van der Waals surface area (Å²) in [6.07, 6.45) is 0. The van der Waals surface area contributed by atoms with Crippen LogP contribution in [0.1, 0.15) is 44.9 Å². The number of aryl methyl sites for hydroxylation is 1. The van der Waals surface area contributed by atoms with Crippen molar-refractivity contribution in [3.8, 4) is 11.5 Å². The zero-order valence-corrected chi connectivity index (χ0v) is 14.8. The zero-order chi connectivity index (χ0) is 16.2. The molecule has 2 rings (SSSR count). The van der Waals surface area contributed by atoms with E-state index in [-0.39, 0.29) is 4.75 Å². The van der Waals surface area contributed by atoms with E-state index in [1.54, 1.807) is 11.9 Å². The first-order valence-corrected chi connectivity index (χ1v) is 8.43. The van der Waals surface area contributed by atoms with Crippen LogP contribution in [0.2, 0.25) is 0 Å².